The highest BCUT2D eigenvalue weighted by Crippen LogP contribution is 2.15. The number of carboxylic acid groups (broad SMARTS) is 3. The first-order chi connectivity index (χ1) is 55.6. The fourth-order valence-electron chi connectivity index (χ4n) is 11.0. The third kappa shape index (κ3) is 41.4. The van der Waals surface area contributed by atoms with Crippen molar-refractivity contribution >= 4 is 124 Å². The third-order valence-electron chi connectivity index (χ3n) is 17.9. The first-order valence-corrected chi connectivity index (χ1v) is 38.1. The number of benzene rings is 1. The number of amides is 18. The van der Waals surface area contributed by atoms with E-state index in [9.17, 15) is 131 Å². The number of aliphatic hydroxyl groups excluding tert-OH is 2. The minimum atomic E-state index is -1.99. The normalized spacial score (nSPS) is 14.8. The lowest BCUT2D eigenvalue weighted by atomic mass is 9.97. The number of nitrogens with one attached hydrogen (secondary N) is 15. The average molecular weight is 1690 g/mol. The van der Waals surface area contributed by atoms with Gasteiger partial charge in [-0.15, -0.1) is 0 Å². The number of primary amides is 3. The van der Waals surface area contributed by atoms with Crippen molar-refractivity contribution < 1.29 is 131 Å². The zero-order chi connectivity index (χ0) is 90.7. The SMILES string of the molecule is CC[C@H](C)[C@H](NC(=O)[C@H](CC(C)C)NC(=O)CNC(=O)[C@@H](NC(=O)[C@H](CO)NC(=O)[C@@H](NC(=O)CNC(=O)CNC(=O)[C@H](C)NC(=O)[C@H](CCCCN)NC(=O)[C@H](CCC(=O)O)NC(=O)[C@H](CCC(=O)O)NC(=O)[C@H](CCC(N)=O)NC(=O)[C@H](CCC(N)=O)NC(=O)[C@H](CC(N)=O)NC(=O)[C@@H](N)Cc1ccc(O)cc1)C(C)C)[C@@H](C)O)C(=O)O. The van der Waals surface area contributed by atoms with Crippen molar-refractivity contribution in [3.63, 3.8) is 0 Å². The number of carbonyl (C=O) groups is 21. The molecule has 0 saturated carbocycles. The van der Waals surface area contributed by atoms with E-state index >= 15 is 0 Å². The van der Waals surface area contributed by atoms with Gasteiger partial charge in [0, 0.05) is 25.7 Å². The van der Waals surface area contributed by atoms with Gasteiger partial charge in [-0.3, -0.25) is 95.9 Å². The molecule has 119 heavy (non-hydrogen) atoms. The Kier molecular flexibility index (Phi) is 47.4. The Hall–Kier alpha value is -12.3. The molecule has 0 spiro atoms. The van der Waals surface area contributed by atoms with E-state index in [1.54, 1.807) is 27.7 Å². The van der Waals surface area contributed by atoms with Gasteiger partial charge in [-0.25, -0.2) is 4.79 Å². The number of unbranched alkanes of at least 4 members (excludes halogenated alkanes) is 1. The van der Waals surface area contributed by atoms with Gasteiger partial charge in [0.05, 0.1) is 44.8 Å². The van der Waals surface area contributed by atoms with Crippen LogP contribution < -0.4 is 108 Å². The van der Waals surface area contributed by atoms with Crippen LogP contribution in [0.3, 0.4) is 0 Å². The van der Waals surface area contributed by atoms with E-state index in [2.05, 4.69) is 79.8 Å². The molecule has 0 aromatic heterocycles. The van der Waals surface area contributed by atoms with Gasteiger partial charge in [0.15, 0.2) is 0 Å². The van der Waals surface area contributed by atoms with Crippen molar-refractivity contribution in [1.82, 2.24) is 79.8 Å². The summed E-state index contributed by atoms with van der Waals surface area (Å²) in [5.41, 5.74) is 28.3. The second-order valence-electron chi connectivity index (χ2n) is 28.8. The maximum atomic E-state index is 14.2. The summed E-state index contributed by atoms with van der Waals surface area (Å²) in [6.07, 6.45) is -7.95. The Morgan fingerprint density at radius 3 is 1.24 bits per heavy atom. The smallest absolute Gasteiger partial charge is 0.326 e. The fraction of sp³-hybridized carbons (Fsp3) is 0.625. The molecule has 18 amide bonds. The van der Waals surface area contributed by atoms with Crippen LogP contribution >= 0.6 is 0 Å². The first kappa shape index (κ1) is 105. The lowest BCUT2D eigenvalue weighted by molar-refractivity contribution is -0.144. The molecule has 1 aromatic carbocycles. The second-order valence-corrected chi connectivity index (χ2v) is 28.8. The van der Waals surface area contributed by atoms with Gasteiger partial charge < -0.3 is 139 Å². The zero-order valence-electron chi connectivity index (χ0n) is 67.4. The molecule has 0 unspecified atom stereocenters. The number of hydrogen-bond acceptors (Lipinski definition) is 26. The Morgan fingerprint density at radius 2 is 0.807 bits per heavy atom. The molecule has 1 rings (SSSR count). The number of rotatable bonds is 58. The molecule has 47 nitrogen and oxygen atoms in total. The van der Waals surface area contributed by atoms with E-state index in [-0.39, 0.29) is 50.3 Å². The van der Waals surface area contributed by atoms with E-state index in [0.29, 0.717) is 12.0 Å². The number of phenols is 1. The molecule has 47 heteroatoms. The number of carbonyl (C=O) groups excluding carboxylic acids is 18. The fourth-order valence-corrected chi connectivity index (χ4v) is 11.0. The molecular weight excluding hydrogens is 1580 g/mol. The number of carboxylic acids is 3. The molecule has 0 aliphatic heterocycles. The van der Waals surface area contributed by atoms with E-state index in [0.717, 1.165) is 13.8 Å². The van der Waals surface area contributed by atoms with Crippen molar-refractivity contribution in [3.8, 4) is 5.75 Å². The summed E-state index contributed by atoms with van der Waals surface area (Å²) < 4.78 is 0. The van der Waals surface area contributed by atoms with Crippen LogP contribution in [0.4, 0.5) is 0 Å². The summed E-state index contributed by atoms with van der Waals surface area (Å²) in [5, 5.41) is 93.3. The van der Waals surface area contributed by atoms with E-state index in [1.165, 1.54) is 38.1 Å². The van der Waals surface area contributed by atoms with Gasteiger partial charge in [-0.1, -0.05) is 60.1 Å². The van der Waals surface area contributed by atoms with Crippen LogP contribution in [0.2, 0.25) is 0 Å². The van der Waals surface area contributed by atoms with Crippen LogP contribution in [0.15, 0.2) is 24.3 Å². The average Bonchev–Trinajstić information content (AvgIpc) is 0.853. The third-order valence-corrected chi connectivity index (χ3v) is 17.9. The number of aliphatic carboxylic acids is 3. The van der Waals surface area contributed by atoms with Crippen LogP contribution in [0.5, 0.6) is 5.75 Å². The highest BCUT2D eigenvalue weighted by Gasteiger charge is 2.38. The van der Waals surface area contributed by atoms with Crippen molar-refractivity contribution in [2.45, 2.75) is 236 Å². The van der Waals surface area contributed by atoms with Crippen LogP contribution in [0.25, 0.3) is 0 Å². The van der Waals surface area contributed by atoms with Gasteiger partial charge in [0.25, 0.3) is 0 Å². The summed E-state index contributed by atoms with van der Waals surface area (Å²) in [7, 11) is 0. The Balaban J connectivity index is 3.27. The lowest BCUT2D eigenvalue weighted by Crippen LogP contribution is -2.61. The maximum absolute atomic E-state index is 14.2. The molecule has 0 fully saturated rings. The molecule has 0 bridgehead atoms. The molecule has 0 saturated heterocycles. The van der Waals surface area contributed by atoms with Crippen LogP contribution in [0.1, 0.15) is 151 Å². The van der Waals surface area contributed by atoms with E-state index < -0.39 is 305 Å². The first-order valence-electron chi connectivity index (χ1n) is 38.1. The van der Waals surface area contributed by atoms with Crippen LogP contribution in [-0.2, 0) is 107 Å². The number of phenolic OH excluding ortho intramolecular Hbond substituents is 1. The van der Waals surface area contributed by atoms with Gasteiger partial charge in [0.1, 0.15) is 78.3 Å². The van der Waals surface area contributed by atoms with Crippen molar-refractivity contribution in [2.24, 2.45) is 46.4 Å². The van der Waals surface area contributed by atoms with Gasteiger partial charge in [-0.2, -0.15) is 0 Å². The van der Waals surface area contributed by atoms with Crippen molar-refractivity contribution in [1.29, 1.82) is 0 Å². The van der Waals surface area contributed by atoms with E-state index in [1.807, 2.05) is 0 Å². The molecule has 1 aromatic rings. The predicted octanol–water partition coefficient (Wildman–Crippen LogP) is -10.1. The number of aromatic hydroxyl groups is 1. The molecule has 0 aliphatic carbocycles. The Labute approximate surface area is 684 Å². The zero-order valence-corrected chi connectivity index (χ0v) is 67.4. The van der Waals surface area contributed by atoms with Crippen LogP contribution in [-0.4, -0.2) is 272 Å². The molecule has 15 atom stereocenters. The standard InChI is InChI=1S/C72H116N20O27/c1-9-35(6)58(72(118)119)91-68(114)46(26-33(2)3)82-53(100)31-80-70(116)59(37(8)94)92-69(115)48(32-93)89-71(117)57(34(4)5)90-54(101)30-78-52(99)29-79-60(106)36(7)81-62(108)41(12-10-11-25-73)83-65(111)44(19-23-55(102)103)86-66(112)45(20-24-56(104)105)85-63(109)42(17-21-49(75)96)84-64(110)43(18-22-50(76)97)87-67(113)47(28-51(77)98)88-61(107)40(74)27-38-13-15-39(95)16-14-38/h13-16,33-37,40-48,57-59,93-95H,9-12,17-32,73-74H2,1-8H3,(H2,75,96)(H2,76,97)(H2,77,98)(H,78,99)(H,79,106)(H,80,116)(H,81,108)(H,82,100)(H,83,111)(H,84,110)(H,85,109)(H,86,112)(H,87,113)(H,88,107)(H,89,117)(H,90,101)(H,91,114)(H,92,115)(H,102,103)(H,104,105)(H,118,119)/t35-,36-,37+,40-,41-,42-,43-,44-,45-,46-,47-,48-,57-,58-,59-/m0/s1. The minimum Gasteiger partial charge on any atom is -0.508 e. The van der Waals surface area contributed by atoms with Crippen molar-refractivity contribution in [3.05, 3.63) is 29.8 Å². The number of hydrogen-bond donors (Lipinski definition) is 26. The molecule has 31 N–H and O–H groups in total. The molecule has 0 radical (unpaired) electrons. The number of aliphatic hydroxyl groups is 2. The molecule has 666 valence electrons. The quantitative estimate of drug-likeness (QED) is 0.0269. The summed E-state index contributed by atoms with van der Waals surface area (Å²) in [4.78, 5) is 275. The predicted molar refractivity (Wildman–Crippen MR) is 415 cm³/mol. The van der Waals surface area contributed by atoms with Crippen LogP contribution in [0, 0.1) is 17.8 Å². The largest absolute Gasteiger partial charge is 0.508 e. The highest BCUT2D eigenvalue weighted by molar-refractivity contribution is 6.01. The summed E-state index contributed by atoms with van der Waals surface area (Å²) >= 11 is 0. The molecule has 0 aliphatic rings. The Morgan fingerprint density at radius 1 is 0.403 bits per heavy atom. The highest BCUT2D eigenvalue weighted by atomic mass is 16.4. The summed E-state index contributed by atoms with van der Waals surface area (Å²) in [6.45, 7) is 8.50. The van der Waals surface area contributed by atoms with Gasteiger partial charge in [-0.05, 0) is 114 Å². The minimum absolute atomic E-state index is 0.0703. The maximum Gasteiger partial charge on any atom is 0.326 e. The summed E-state index contributed by atoms with van der Waals surface area (Å²) in [5.74, 6) is -25.8. The van der Waals surface area contributed by atoms with E-state index in [4.69, 9.17) is 28.7 Å². The van der Waals surface area contributed by atoms with Gasteiger partial charge >= 0.3 is 17.9 Å². The summed E-state index contributed by atoms with van der Waals surface area (Å²) in [6, 6.07) is -16.1. The molecule has 0 heterocycles. The second kappa shape index (κ2) is 53.9. The van der Waals surface area contributed by atoms with Gasteiger partial charge in [0.2, 0.25) is 106 Å². The molecular formula is C72H116N20O27. The topological polar surface area (TPSA) is 790 Å². The van der Waals surface area contributed by atoms with Crippen molar-refractivity contribution in [2.75, 3.05) is 32.8 Å². The monoisotopic (exact) mass is 1690 g/mol. The lowest BCUT2D eigenvalue weighted by Gasteiger charge is -2.27. The Bertz CT molecular complexity index is 3720. The number of nitrogens with two attached hydrogens (primary N) is 5.